The van der Waals surface area contributed by atoms with E-state index in [2.05, 4.69) is 31.0 Å². The summed E-state index contributed by atoms with van der Waals surface area (Å²) in [7, 11) is 0. The zero-order chi connectivity index (χ0) is 15.8. The molecule has 1 aromatic carbocycles. The Hall–Kier alpha value is -2.18. The normalized spacial score (nSPS) is 13.2. The Morgan fingerprint density at radius 3 is 2.91 bits per heavy atom. The van der Waals surface area contributed by atoms with Crippen LogP contribution in [-0.2, 0) is 11.3 Å². The molecule has 0 fully saturated rings. The Balaban J connectivity index is 1.86. The summed E-state index contributed by atoms with van der Waals surface area (Å²) in [4.78, 5) is 8.89. The second kappa shape index (κ2) is 5.79. The molecule has 3 heterocycles. The number of hydrogen-bond acceptors (Lipinski definition) is 4. The molecule has 0 saturated heterocycles. The van der Waals surface area contributed by atoms with Gasteiger partial charge in [0.1, 0.15) is 16.9 Å². The number of para-hydroxylation sites is 1. The van der Waals surface area contributed by atoms with Crippen LogP contribution in [0.5, 0.6) is 0 Å². The Labute approximate surface area is 145 Å². The fourth-order valence-electron chi connectivity index (χ4n) is 2.36. The summed E-state index contributed by atoms with van der Waals surface area (Å²) in [5.74, 6) is 1.02. The number of ether oxygens (including phenoxy) is 1. The number of pyridine rings is 1. The molecule has 0 radical (unpaired) electrons. The third-order valence-corrected chi connectivity index (χ3v) is 4.10. The second-order valence-corrected chi connectivity index (χ2v) is 6.13. The summed E-state index contributed by atoms with van der Waals surface area (Å²) in [6.07, 6.45) is 1.67. The number of rotatable bonds is 2. The van der Waals surface area contributed by atoms with Crippen molar-refractivity contribution in [3.05, 3.63) is 69.5 Å². The first kappa shape index (κ1) is 14.4. The number of nitrogens with zero attached hydrogens (tertiary/aromatic N) is 4. The minimum absolute atomic E-state index is 0.466. The molecule has 2 aromatic heterocycles. The van der Waals surface area contributed by atoms with Crippen molar-refractivity contribution in [3.63, 3.8) is 0 Å². The minimum Gasteiger partial charge on any atom is -0.471 e. The van der Waals surface area contributed by atoms with E-state index in [1.54, 1.807) is 23.0 Å². The maximum absolute atomic E-state index is 6.24. The van der Waals surface area contributed by atoms with E-state index in [0.29, 0.717) is 33.6 Å². The van der Waals surface area contributed by atoms with Gasteiger partial charge in [0, 0.05) is 17.8 Å². The Morgan fingerprint density at radius 1 is 1.17 bits per heavy atom. The van der Waals surface area contributed by atoms with E-state index in [4.69, 9.17) is 16.3 Å². The van der Waals surface area contributed by atoms with Gasteiger partial charge in [0.15, 0.2) is 5.82 Å². The van der Waals surface area contributed by atoms with Gasteiger partial charge >= 0.3 is 0 Å². The molecule has 0 amide bonds. The Kier molecular flexibility index (Phi) is 3.63. The molecule has 0 N–H and O–H groups in total. The quantitative estimate of drug-likeness (QED) is 0.657. The predicted octanol–water partition coefficient (Wildman–Crippen LogP) is 4.29. The largest absolute Gasteiger partial charge is 0.471 e. The number of aliphatic imine (C=N–C) groups is 1. The highest BCUT2D eigenvalue weighted by molar-refractivity contribution is 9.10. The first-order valence-electron chi connectivity index (χ1n) is 6.88. The fraction of sp³-hybridized carbons (Fsp3) is 0.0625. The average molecular weight is 390 g/mol. The standard InChI is InChI=1S/C16H10BrClN4O/c17-14-8-13(22(21-14)15-11(18)5-3-7-19-15)16-20-12-6-2-1-4-10(12)9-23-16/h1-8H,9H2. The lowest BCUT2D eigenvalue weighted by atomic mass is 10.2. The Bertz CT molecular complexity index is 922. The molecule has 1 aliphatic rings. The number of aromatic nitrogens is 3. The van der Waals surface area contributed by atoms with Gasteiger partial charge in [0.05, 0.1) is 10.7 Å². The van der Waals surface area contributed by atoms with E-state index in [9.17, 15) is 0 Å². The third-order valence-electron chi connectivity index (χ3n) is 3.42. The molecule has 0 spiro atoms. The van der Waals surface area contributed by atoms with Gasteiger partial charge in [-0.3, -0.25) is 0 Å². The van der Waals surface area contributed by atoms with Crippen molar-refractivity contribution in [2.24, 2.45) is 4.99 Å². The van der Waals surface area contributed by atoms with Crippen LogP contribution < -0.4 is 0 Å². The molecule has 3 aromatic rings. The molecule has 1 aliphatic heterocycles. The van der Waals surface area contributed by atoms with Crippen LogP contribution in [0.3, 0.4) is 0 Å². The van der Waals surface area contributed by atoms with Crippen LogP contribution in [0.4, 0.5) is 5.69 Å². The molecule has 23 heavy (non-hydrogen) atoms. The Morgan fingerprint density at radius 2 is 2.04 bits per heavy atom. The van der Waals surface area contributed by atoms with Crippen LogP contribution in [0.2, 0.25) is 5.02 Å². The molecule has 0 atom stereocenters. The molecule has 0 aliphatic carbocycles. The minimum atomic E-state index is 0.466. The van der Waals surface area contributed by atoms with Crippen LogP contribution in [0, 0.1) is 0 Å². The van der Waals surface area contributed by atoms with E-state index in [1.165, 1.54) is 0 Å². The highest BCUT2D eigenvalue weighted by Crippen LogP contribution is 2.28. The zero-order valence-electron chi connectivity index (χ0n) is 11.8. The van der Waals surface area contributed by atoms with Gasteiger partial charge in [0.2, 0.25) is 5.90 Å². The van der Waals surface area contributed by atoms with Crippen LogP contribution in [0.1, 0.15) is 11.3 Å². The predicted molar refractivity (Wildman–Crippen MR) is 91.5 cm³/mol. The maximum Gasteiger partial charge on any atom is 0.241 e. The smallest absolute Gasteiger partial charge is 0.241 e. The first-order valence-corrected chi connectivity index (χ1v) is 8.06. The molecule has 0 unspecified atom stereocenters. The van der Waals surface area contributed by atoms with Crippen molar-refractivity contribution in [1.82, 2.24) is 14.8 Å². The summed E-state index contributed by atoms with van der Waals surface area (Å²) in [5, 5.41) is 4.90. The summed E-state index contributed by atoms with van der Waals surface area (Å²) < 4.78 is 8.08. The summed E-state index contributed by atoms with van der Waals surface area (Å²) >= 11 is 9.63. The van der Waals surface area contributed by atoms with E-state index < -0.39 is 0 Å². The molecule has 5 nitrogen and oxygen atoms in total. The van der Waals surface area contributed by atoms with Gasteiger partial charge in [-0.15, -0.1) is 0 Å². The molecule has 7 heteroatoms. The molecule has 4 rings (SSSR count). The van der Waals surface area contributed by atoms with Gasteiger partial charge < -0.3 is 4.74 Å². The van der Waals surface area contributed by atoms with Gasteiger partial charge in [-0.05, 0) is 34.1 Å². The van der Waals surface area contributed by atoms with E-state index in [0.717, 1.165) is 11.3 Å². The van der Waals surface area contributed by atoms with Crippen molar-refractivity contribution in [3.8, 4) is 5.82 Å². The monoisotopic (exact) mass is 388 g/mol. The zero-order valence-corrected chi connectivity index (χ0v) is 14.1. The number of hydrogen-bond donors (Lipinski definition) is 0. The molecular weight excluding hydrogens is 380 g/mol. The van der Waals surface area contributed by atoms with Crippen molar-refractivity contribution < 1.29 is 4.74 Å². The second-order valence-electron chi connectivity index (χ2n) is 4.91. The highest BCUT2D eigenvalue weighted by atomic mass is 79.9. The van der Waals surface area contributed by atoms with Crippen LogP contribution in [0.25, 0.3) is 5.82 Å². The van der Waals surface area contributed by atoms with Gasteiger partial charge in [0.25, 0.3) is 0 Å². The van der Waals surface area contributed by atoms with Crippen LogP contribution >= 0.6 is 27.5 Å². The lowest BCUT2D eigenvalue weighted by molar-refractivity contribution is 0.286. The van der Waals surface area contributed by atoms with Crippen LogP contribution in [-0.4, -0.2) is 20.7 Å². The number of benzene rings is 1. The summed E-state index contributed by atoms with van der Waals surface area (Å²) in [6, 6.07) is 13.2. The molecule has 0 bridgehead atoms. The van der Waals surface area contributed by atoms with Crippen molar-refractivity contribution >= 4 is 39.1 Å². The van der Waals surface area contributed by atoms with Crippen molar-refractivity contribution in [2.75, 3.05) is 0 Å². The lowest BCUT2D eigenvalue weighted by Crippen LogP contribution is -2.16. The van der Waals surface area contributed by atoms with Gasteiger partial charge in [-0.25, -0.2) is 14.7 Å². The summed E-state index contributed by atoms with van der Waals surface area (Å²) in [6.45, 7) is 0.466. The number of fused-ring (bicyclic) bond motifs is 1. The number of halogens is 2. The van der Waals surface area contributed by atoms with Crippen LogP contribution in [0.15, 0.2) is 58.3 Å². The molecule has 0 saturated carbocycles. The van der Waals surface area contributed by atoms with Crippen molar-refractivity contribution in [2.45, 2.75) is 6.61 Å². The van der Waals surface area contributed by atoms with Crippen molar-refractivity contribution in [1.29, 1.82) is 0 Å². The highest BCUT2D eigenvalue weighted by Gasteiger charge is 2.21. The third kappa shape index (κ3) is 2.64. The molecule has 114 valence electrons. The van der Waals surface area contributed by atoms with Gasteiger partial charge in [-0.1, -0.05) is 29.8 Å². The first-order chi connectivity index (χ1) is 11.2. The topological polar surface area (TPSA) is 52.3 Å². The van der Waals surface area contributed by atoms with Gasteiger partial charge in [-0.2, -0.15) is 5.10 Å². The molecular formula is C16H10BrClN4O. The fourth-order valence-corrected chi connectivity index (χ4v) is 2.94. The van der Waals surface area contributed by atoms with E-state index >= 15 is 0 Å². The summed E-state index contributed by atoms with van der Waals surface area (Å²) in [5.41, 5.74) is 2.63. The maximum atomic E-state index is 6.24. The SMILES string of the molecule is Clc1cccnc1-n1nc(Br)cc1C1=Nc2ccccc2CO1. The van der Waals surface area contributed by atoms with E-state index in [-0.39, 0.29) is 0 Å². The van der Waals surface area contributed by atoms with E-state index in [1.807, 2.05) is 30.3 Å². The average Bonchev–Trinajstić information content (AvgIpc) is 2.96. The lowest BCUT2D eigenvalue weighted by Gasteiger charge is -2.17.